The number of rotatable bonds is 36. The van der Waals surface area contributed by atoms with E-state index in [2.05, 4.69) is 20.8 Å². The lowest BCUT2D eigenvalue weighted by molar-refractivity contribution is -0.149. The predicted octanol–water partition coefficient (Wildman–Crippen LogP) is 14.5. The molecule has 0 aliphatic heterocycles. The summed E-state index contributed by atoms with van der Waals surface area (Å²) in [5.41, 5.74) is 0. The molecule has 0 rings (SSSR count). The molecule has 1 atom stereocenters. The normalized spacial score (nSPS) is 12.2. The summed E-state index contributed by atoms with van der Waals surface area (Å²) in [4.78, 5) is 12.9. The summed E-state index contributed by atoms with van der Waals surface area (Å²) < 4.78 is 5.79. The molecule has 2 heteroatoms. The van der Waals surface area contributed by atoms with E-state index in [9.17, 15) is 4.79 Å². The maximum Gasteiger partial charge on any atom is 0.308 e. The number of hydrogen-bond acceptors (Lipinski definition) is 2. The highest BCUT2D eigenvalue weighted by Crippen LogP contribution is 2.21. The number of hydrogen-bond donors (Lipinski definition) is 0. The highest BCUT2D eigenvalue weighted by molar-refractivity contribution is 5.72. The lowest BCUT2D eigenvalue weighted by Gasteiger charge is -2.16. The van der Waals surface area contributed by atoms with E-state index >= 15 is 0 Å². The molecule has 0 aliphatic rings. The molecular formula is C40H80O2. The van der Waals surface area contributed by atoms with Crippen LogP contribution in [0.2, 0.25) is 0 Å². The smallest absolute Gasteiger partial charge is 0.308 e. The summed E-state index contributed by atoms with van der Waals surface area (Å²) in [6.45, 7) is 7.49. The van der Waals surface area contributed by atoms with Gasteiger partial charge < -0.3 is 4.74 Å². The van der Waals surface area contributed by atoms with Crippen LogP contribution in [0.1, 0.15) is 239 Å². The van der Waals surface area contributed by atoms with Crippen LogP contribution in [0, 0.1) is 5.92 Å². The highest BCUT2D eigenvalue weighted by atomic mass is 16.5. The van der Waals surface area contributed by atoms with E-state index in [1.807, 2.05) is 0 Å². The van der Waals surface area contributed by atoms with Gasteiger partial charge in [0.15, 0.2) is 0 Å². The molecule has 0 aromatic rings. The Balaban J connectivity index is 3.79. The van der Waals surface area contributed by atoms with E-state index in [1.54, 1.807) is 0 Å². The van der Waals surface area contributed by atoms with E-state index in [0.717, 1.165) is 19.3 Å². The summed E-state index contributed by atoms with van der Waals surface area (Å²) in [6, 6.07) is 0. The third kappa shape index (κ3) is 32.4. The van der Waals surface area contributed by atoms with Crippen molar-refractivity contribution < 1.29 is 9.53 Å². The van der Waals surface area contributed by atoms with Gasteiger partial charge in [-0.3, -0.25) is 4.79 Å². The van der Waals surface area contributed by atoms with Gasteiger partial charge in [-0.2, -0.15) is 0 Å². The monoisotopic (exact) mass is 593 g/mol. The Morgan fingerprint density at radius 3 is 0.881 bits per heavy atom. The van der Waals surface area contributed by atoms with E-state index in [1.165, 1.54) is 199 Å². The fraction of sp³-hybridized carbons (Fsp3) is 0.975. The van der Waals surface area contributed by atoms with Crippen LogP contribution in [0.3, 0.4) is 0 Å². The zero-order chi connectivity index (χ0) is 30.6. The lowest BCUT2D eigenvalue weighted by atomic mass is 9.94. The van der Waals surface area contributed by atoms with E-state index < -0.39 is 0 Å². The molecule has 252 valence electrons. The molecule has 0 spiro atoms. The largest absolute Gasteiger partial charge is 0.465 e. The number of carbonyl (C=O) groups is 1. The molecular weight excluding hydrogens is 512 g/mol. The third-order valence-electron chi connectivity index (χ3n) is 9.39. The molecule has 0 heterocycles. The van der Waals surface area contributed by atoms with E-state index in [4.69, 9.17) is 4.74 Å². The van der Waals surface area contributed by atoms with Crippen molar-refractivity contribution in [1.82, 2.24) is 0 Å². The van der Waals surface area contributed by atoms with Crippen LogP contribution < -0.4 is 0 Å². The molecule has 0 aromatic carbocycles. The summed E-state index contributed by atoms with van der Waals surface area (Å²) in [5, 5.41) is 0. The minimum absolute atomic E-state index is 0.108. The Labute approximate surface area is 266 Å². The summed E-state index contributed by atoms with van der Waals surface area (Å²) in [7, 11) is 0. The molecule has 42 heavy (non-hydrogen) atoms. The average molecular weight is 593 g/mol. The van der Waals surface area contributed by atoms with Crippen LogP contribution in [-0.2, 0) is 9.53 Å². The van der Waals surface area contributed by atoms with Crippen LogP contribution in [0.5, 0.6) is 0 Å². The van der Waals surface area contributed by atoms with Crippen molar-refractivity contribution in [2.45, 2.75) is 239 Å². The first-order chi connectivity index (χ1) is 20.8. The number of ether oxygens (including phenoxy) is 1. The predicted molar refractivity (Wildman–Crippen MR) is 188 cm³/mol. The van der Waals surface area contributed by atoms with Crippen molar-refractivity contribution in [3.05, 3.63) is 0 Å². The standard InChI is InChI=1S/C40H80O2/c1-4-7-10-13-15-17-18-19-20-21-22-23-24-25-26-28-31-34-37-39(36-33-30-12-9-6-3)40(41)42-38-35-32-29-27-16-14-11-8-5-2/h39H,4-38H2,1-3H3. The molecule has 1 unspecified atom stereocenters. The Hall–Kier alpha value is -0.530. The summed E-state index contributed by atoms with van der Waals surface area (Å²) in [5.74, 6) is 0.253. The Kier molecular flexibility index (Phi) is 36.2. The van der Waals surface area contributed by atoms with Crippen LogP contribution in [0.4, 0.5) is 0 Å². The van der Waals surface area contributed by atoms with Gasteiger partial charge in [-0.05, 0) is 19.3 Å². The molecule has 0 fully saturated rings. The SMILES string of the molecule is CCCCCCCCCCCCCCCCCCCCC(CCCCCCC)C(=O)OCCCCCCCCCCC. The second kappa shape index (κ2) is 36.7. The van der Waals surface area contributed by atoms with E-state index in [0.29, 0.717) is 6.61 Å². The molecule has 0 saturated heterocycles. The number of carbonyl (C=O) groups excluding carboxylic acids is 1. The van der Waals surface area contributed by atoms with Crippen molar-refractivity contribution >= 4 is 5.97 Å². The average Bonchev–Trinajstić information content (AvgIpc) is 3.00. The van der Waals surface area contributed by atoms with Crippen molar-refractivity contribution in [3.8, 4) is 0 Å². The maximum atomic E-state index is 12.9. The Morgan fingerprint density at radius 2 is 0.595 bits per heavy atom. The van der Waals surface area contributed by atoms with Crippen LogP contribution in [0.15, 0.2) is 0 Å². The molecule has 0 amide bonds. The van der Waals surface area contributed by atoms with E-state index in [-0.39, 0.29) is 11.9 Å². The first kappa shape index (κ1) is 41.5. The highest BCUT2D eigenvalue weighted by Gasteiger charge is 2.19. The molecule has 0 radical (unpaired) electrons. The van der Waals surface area contributed by atoms with Gasteiger partial charge in [-0.25, -0.2) is 0 Å². The van der Waals surface area contributed by atoms with Gasteiger partial charge >= 0.3 is 5.97 Å². The summed E-state index contributed by atoms with van der Waals surface area (Å²) >= 11 is 0. The topological polar surface area (TPSA) is 26.3 Å². The molecule has 0 aromatic heterocycles. The first-order valence-corrected chi connectivity index (χ1v) is 19.9. The first-order valence-electron chi connectivity index (χ1n) is 19.9. The van der Waals surface area contributed by atoms with Gasteiger partial charge in [-0.1, -0.05) is 220 Å². The minimum atomic E-state index is 0.108. The Morgan fingerprint density at radius 1 is 0.357 bits per heavy atom. The quantitative estimate of drug-likeness (QED) is 0.0534. The van der Waals surface area contributed by atoms with Crippen molar-refractivity contribution in [1.29, 1.82) is 0 Å². The fourth-order valence-corrected chi connectivity index (χ4v) is 6.37. The van der Waals surface area contributed by atoms with Crippen LogP contribution in [0.25, 0.3) is 0 Å². The zero-order valence-corrected chi connectivity index (χ0v) is 29.6. The van der Waals surface area contributed by atoms with Crippen molar-refractivity contribution in [2.24, 2.45) is 5.92 Å². The van der Waals surface area contributed by atoms with Gasteiger partial charge in [0.05, 0.1) is 12.5 Å². The maximum absolute atomic E-state index is 12.9. The van der Waals surface area contributed by atoms with Crippen LogP contribution in [-0.4, -0.2) is 12.6 Å². The van der Waals surface area contributed by atoms with Crippen molar-refractivity contribution in [3.63, 3.8) is 0 Å². The van der Waals surface area contributed by atoms with Gasteiger partial charge in [0.25, 0.3) is 0 Å². The van der Waals surface area contributed by atoms with Crippen molar-refractivity contribution in [2.75, 3.05) is 6.61 Å². The lowest BCUT2D eigenvalue weighted by Crippen LogP contribution is -2.18. The molecule has 2 nitrogen and oxygen atoms in total. The molecule has 0 saturated carbocycles. The van der Waals surface area contributed by atoms with Gasteiger partial charge in [0.2, 0.25) is 0 Å². The Bertz CT molecular complexity index is 502. The minimum Gasteiger partial charge on any atom is -0.465 e. The summed E-state index contributed by atoms with van der Waals surface area (Å²) in [6.07, 6.45) is 45.6. The fourth-order valence-electron chi connectivity index (χ4n) is 6.37. The molecule has 0 aliphatic carbocycles. The van der Waals surface area contributed by atoms with Crippen LogP contribution >= 0.6 is 0 Å². The molecule has 0 N–H and O–H groups in total. The van der Waals surface area contributed by atoms with Gasteiger partial charge in [0, 0.05) is 0 Å². The molecule has 0 bridgehead atoms. The second-order valence-corrected chi connectivity index (χ2v) is 13.7. The van der Waals surface area contributed by atoms with Gasteiger partial charge in [-0.15, -0.1) is 0 Å². The third-order valence-corrected chi connectivity index (χ3v) is 9.39. The van der Waals surface area contributed by atoms with Gasteiger partial charge in [0.1, 0.15) is 0 Å². The number of unbranched alkanes of at least 4 members (excludes halogenated alkanes) is 29. The second-order valence-electron chi connectivity index (χ2n) is 13.7. The number of esters is 1. The zero-order valence-electron chi connectivity index (χ0n) is 29.6.